The largest absolute Gasteiger partial charge is 0.466 e. The van der Waals surface area contributed by atoms with Crippen molar-refractivity contribution in [3.05, 3.63) is 94.9 Å². The van der Waals surface area contributed by atoms with Gasteiger partial charge in [0.05, 0.1) is 13.2 Å². The number of carbonyl (C=O) groups excluding carboxylic acids is 1. The van der Waals surface area contributed by atoms with Crippen LogP contribution in [0.2, 0.25) is 0 Å². The van der Waals surface area contributed by atoms with Crippen LogP contribution in [0, 0.1) is 5.92 Å². The molecule has 1 amide bonds. The normalized spacial score (nSPS) is 17.6. The molecule has 0 spiro atoms. The first kappa shape index (κ1) is 20.4. The van der Waals surface area contributed by atoms with Gasteiger partial charge in [0.2, 0.25) is 5.91 Å². The third-order valence-corrected chi connectivity index (χ3v) is 5.72. The fourth-order valence-corrected chi connectivity index (χ4v) is 3.69. The van der Waals surface area contributed by atoms with Crippen LogP contribution in [0.25, 0.3) is 0 Å². The summed E-state index contributed by atoms with van der Waals surface area (Å²) >= 11 is 0. The van der Waals surface area contributed by atoms with E-state index in [4.69, 9.17) is 9.15 Å². The first-order chi connectivity index (χ1) is 14.7. The standard InChI is InChI=1S/C26H29NO3/c1-19-15-24(19)25-13-11-23(30-25)12-14-26(28)27-16-21-9-5-6-10-22(21)18-29-17-20-7-3-2-4-8-20/h2-11,13,19,24H,12,14-18H2,1H3,(H,27,28). The predicted molar refractivity (Wildman–Crippen MR) is 117 cm³/mol. The van der Waals surface area contributed by atoms with Crippen molar-refractivity contribution in [1.82, 2.24) is 5.32 Å². The Hall–Kier alpha value is -2.85. The van der Waals surface area contributed by atoms with Gasteiger partial charge in [-0.3, -0.25) is 4.79 Å². The van der Waals surface area contributed by atoms with E-state index < -0.39 is 0 Å². The van der Waals surface area contributed by atoms with E-state index in [1.165, 1.54) is 6.42 Å². The van der Waals surface area contributed by atoms with E-state index in [1.807, 2.05) is 42.5 Å². The van der Waals surface area contributed by atoms with Crippen molar-refractivity contribution < 1.29 is 13.9 Å². The molecule has 1 aliphatic carbocycles. The molecule has 2 aromatic carbocycles. The zero-order valence-electron chi connectivity index (χ0n) is 17.5. The average molecular weight is 404 g/mol. The van der Waals surface area contributed by atoms with Gasteiger partial charge in [-0.15, -0.1) is 0 Å². The molecule has 1 fully saturated rings. The number of benzene rings is 2. The minimum atomic E-state index is 0.0350. The lowest BCUT2D eigenvalue weighted by molar-refractivity contribution is -0.121. The van der Waals surface area contributed by atoms with Crippen molar-refractivity contribution in [2.45, 2.75) is 51.9 Å². The molecule has 1 heterocycles. The van der Waals surface area contributed by atoms with Crippen molar-refractivity contribution in [2.75, 3.05) is 0 Å². The number of rotatable bonds is 10. The van der Waals surface area contributed by atoms with Crippen LogP contribution in [-0.4, -0.2) is 5.91 Å². The summed E-state index contributed by atoms with van der Waals surface area (Å²) in [6.07, 6.45) is 2.27. The monoisotopic (exact) mass is 403 g/mol. The van der Waals surface area contributed by atoms with Crippen molar-refractivity contribution in [3.8, 4) is 0 Å². The third-order valence-electron chi connectivity index (χ3n) is 5.72. The van der Waals surface area contributed by atoms with E-state index in [0.29, 0.717) is 38.5 Å². The number of hydrogen-bond acceptors (Lipinski definition) is 3. The van der Waals surface area contributed by atoms with Gasteiger partial charge in [0.15, 0.2) is 0 Å². The summed E-state index contributed by atoms with van der Waals surface area (Å²) in [4.78, 5) is 12.3. The second kappa shape index (κ2) is 9.77. The summed E-state index contributed by atoms with van der Waals surface area (Å²) in [6, 6.07) is 22.3. The molecule has 156 valence electrons. The highest BCUT2D eigenvalue weighted by molar-refractivity contribution is 5.76. The lowest BCUT2D eigenvalue weighted by Gasteiger charge is -2.11. The van der Waals surface area contributed by atoms with Gasteiger partial charge < -0.3 is 14.5 Å². The predicted octanol–water partition coefficient (Wildman–Crippen LogP) is 5.37. The molecule has 3 aromatic rings. The van der Waals surface area contributed by atoms with Gasteiger partial charge in [-0.05, 0) is 41.2 Å². The number of furan rings is 1. The molecule has 0 saturated heterocycles. The quantitative estimate of drug-likeness (QED) is 0.495. The molecule has 1 aromatic heterocycles. The van der Waals surface area contributed by atoms with E-state index in [1.54, 1.807) is 0 Å². The van der Waals surface area contributed by atoms with E-state index in [-0.39, 0.29) is 5.91 Å². The molecule has 0 bridgehead atoms. The highest BCUT2D eigenvalue weighted by Gasteiger charge is 2.36. The van der Waals surface area contributed by atoms with E-state index >= 15 is 0 Å². The maximum Gasteiger partial charge on any atom is 0.220 e. The molecule has 0 aliphatic heterocycles. The summed E-state index contributed by atoms with van der Waals surface area (Å²) < 4.78 is 11.8. The van der Waals surface area contributed by atoms with Crippen LogP contribution >= 0.6 is 0 Å². The summed E-state index contributed by atoms with van der Waals surface area (Å²) in [5.74, 6) is 3.31. The molecule has 4 nitrogen and oxygen atoms in total. The van der Waals surface area contributed by atoms with Gasteiger partial charge in [0.25, 0.3) is 0 Å². The smallest absolute Gasteiger partial charge is 0.220 e. The molecule has 30 heavy (non-hydrogen) atoms. The molecule has 1 saturated carbocycles. The van der Waals surface area contributed by atoms with E-state index in [0.717, 1.165) is 34.1 Å². The van der Waals surface area contributed by atoms with Gasteiger partial charge in [-0.25, -0.2) is 0 Å². The lowest BCUT2D eigenvalue weighted by atomic mass is 10.1. The topological polar surface area (TPSA) is 51.5 Å². The Kier molecular flexibility index (Phi) is 6.65. The van der Waals surface area contributed by atoms with E-state index in [9.17, 15) is 4.79 Å². The number of carbonyl (C=O) groups is 1. The number of hydrogen-bond donors (Lipinski definition) is 1. The van der Waals surface area contributed by atoms with E-state index in [2.05, 4.69) is 36.5 Å². The Morgan fingerprint density at radius 1 is 1.00 bits per heavy atom. The van der Waals surface area contributed by atoms with Crippen LogP contribution in [0.4, 0.5) is 0 Å². The van der Waals surface area contributed by atoms with Gasteiger partial charge in [-0.1, -0.05) is 61.5 Å². The third kappa shape index (κ3) is 5.61. The molecule has 4 rings (SSSR count). The zero-order valence-corrected chi connectivity index (χ0v) is 17.5. The van der Waals surface area contributed by atoms with Crippen LogP contribution in [0.1, 0.15) is 53.9 Å². The Morgan fingerprint density at radius 3 is 2.50 bits per heavy atom. The summed E-state index contributed by atoms with van der Waals surface area (Å²) in [6.45, 7) is 3.85. The second-order valence-corrected chi connectivity index (χ2v) is 8.15. The lowest BCUT2D eigenvalue weighted by Crippen LogP contribution is -2.23. The SMILES string of the molecule is CC1CC1c1ccc(CCC(=O)NCc2ccccc2COCc2ccccc2)o1. The first-order valence-corrected chi connectivity index (χ1v) is 10.7. The van der Waals surface area contributed by atoms with Crippen LogP contribution < -0.4 is 5.32 Å². The summed E-state index contributed by atoms with van der Waals surface area (Å²) in [5, 5.41) is 3.03. The van der Waals surface area contributed by atoms with Gasteiger partial charge >= 0.3 is 0 Å². The van der Waals surface area contributed by atoms with Gasteiger partial charge in [-0.2, -0.15) is 0 Å². The summed E-state index contributed by atoms with van der Waals surface area (Å²) in [5.41, 5.74) is 3.34. The molecule has 1 aliphatic rings. The molecule has 1 N–H and O–H groups in total. The van der Waals surface area contributed by atoms with Crippen molar-refractivity contribution >= 4 is 5.91 Å². The van der Waals surface area contributed by atoms with Gasteiger partial charge in [0, 0.05) is 25.3 Å². The number of ether oxygens (including phenoxy) is 1. The number of aryl methyl sites for hydroxylation is 1. The van der Waals surface area contributed by atoms with Crippen LogP contribution in [0.15, 0.2) is 71.1 Å². The maximum atomic E-state index is 12.3. The molecule has 0 radical (unpaired) electrons. The molecule has 4 heteroatoms. The van der Waals surface area contributed by atoms with Crippen LogP contribution in [0.5, 0.6) is 0 Å². The maximum absolute atomic E-state index is 12.3. The number of amides is 1. The zero-order chi connectivity index (χ0) is 20.8. The molecular formula is C26H29NO3. The Bertz CT molecular complexity index is 963. The van der Waals surface area contributed by atoms with Crippen molar-refractivity contribution in [2.24, 2.45) is 5.92 Å². The van der Waals surface area contributed by atoms with Crippen molar-refractivity contribution in [1.29, 1.82) is 0 Å². The average Bonchev–Trinajstić information content (AvgIpc) is 3.31. The van der Waals surface area contributed by atoms with Crippen LogP contribution in [-0.2, 0) is 35.7 Å². The molecular weight excluding hydrogens is 374 g/mol. The minimum Gasteiger partial charge on any atom is -0.466 e. The van der Waals surface area contributed by atoms with Crippen molar-refractivity contribution in [3.63, 3.8) is 0 Å². The Labute approximate surface area is 178 Å². The fraction of sp³-hybridized carbons (Fsp3) is 0.346. The molecule has 2 unspecified atom stereocenters. The second-order valence-electron chi connectivity index (χ2n) is 8.15. The first-order valence-electron chi connectivity index (χ1n) is 10.7. The van der Waals surface area contributed by atoms with Gasteiger partial charge in [0.1, 0.15) is 11.5 Å². The highest BCUT2D eigenvalue weighted by Crippen LogP contribution is 2.47. The minimum absolute atomic E-state index is 0.0350. The fourth-order valence-electron chi connectivity index (χ4n) is 3.69. The highest BCUT2D eigenvalue weighted by atomic mass is 16.5. The Balaban J connectivity index is 1.22. The number of nitrogens with one attached hydrogen (secondary N) is 1. The van der Waals surface area contributed by atoms with Crippen LogP contribution in [0.3, 0.4) is 0 Å². The summed E-state index contributed by atoms with van der Waals surface area (Å²) in [7, 11) is 0. The molecule has 2 atom stereocenters. The Morgan fingerprint density at radius 2 is 1.73 bits per heavy atom.